The van der Waals surface area contributed by atoms with Gasteiger partial charge in [0.05, 0.1) is 26.4 Å². The predicted molar refractivity (Wildman–Crippen MR) is 399 cm³/mol. The van der Waals surface area contributed by atoms with Crippen molar-refractivity contribution >= 4 is 39.5 Å². The smallest absolute Gasteiger partial charge is 0.462 e. The van der Waals surface area contributed by atoms with Gasteiger partial charge in [0.2, 0.25) is 0 Å². The molecule has 0 rings (SSSR count). The molecule has 19 heteroatoms. The van der Waals surface area contributed by atoms with E-state index in [0.717, 1.165) is 135 Å². The van der Waals surface area contributed by atoms with Gasteiger partial charge in [-0.15, -0.1) is 0 Å². The molecule has 0 aliphatic heterocycles. The van der Waals surface area contributed by atoms with Crippen LogP contribution in [-0.4, -0.2) is 96.7 Å². The third kappa shape index (κ3) is 70.7. The van der Waals surface area contributed by atoms with Crippen molar-refractivity contribution in [3.8, 4) is 0 Å². The van der Waals surface area contributed by atoms with Gasteiger partial charge in [-0.2, -0.15) is 0 Å². The van der Waals surface area contributed by atoms with Crippen LogP contribution < -0.4 is 0 Å². The van der Waals surface area contributed by atoms with Gasteiger partial charge >= 0.3 is 39.5 Å². The average Bonchev–Trinajstić information content (AvgIpc) is 0.986. The summed E-state index contributed by atoms with van der Waals surface area (Å²) < 4.78 is 68.4. The van der Waals surface area contributed by atoms with Crippen molar-refractivity contribution in [2.75, 3.05) is 39.6 Å². The van der Waals surface area contributed by atoms with Gasteiger partial charge in [-0.05, 0) is 116 Å². The molecule has 0 amide bonds. The lowest BCUT2D eigenvalue weighted by Gasteiger charge is -2.21. The first kappa shape index (κ1) is 94.2. The second kappa shape index (κ2) is 71.6. The highest BCUT2D eigenvalue weighted by Gasteiger charge is 2.30. The molecule has 0 radical (unpaired) electrons. The maximum atomic E-state index is 13.1. The van der Waals surface area contributed by atoms with E-state index in [0.29, 0.717) is 32.1 Å². The summed E-state index contributed by atoms with van der Waals surface area (Å²) in [4.78, 5) is 72.8. The fraction of sp³-hybridized carbons (Fsp3) is 0.772. The number of phosphoric acid groups is 2. The fourth-order valence-corrected chi connectivity index (χ4v) is 12.0. The number of carbonyl (C=O) groups is 4. The Balaban J connectivity index is 5.36. The lowest BCUT2D eigenvalue weighted by atomic mass is 10.1. The van der Waals surface area contributed by atoms with E-state index in [1.54, 1.807) is 0 Å². The van der Waals surface area contributed by atoms with Gasteiger partial charge in [0.15, 0.2) is 12.2 Å². The molecule has 0 fully saturated rings. The third-order valence-corrected chi connectivity index (χ3v) is 18.2. The molecule has 0 bridgehead atoms. The predicted octanol–water partition coefficient (Wildman–Crippen LogP) is 22.2. The number of ether oxygens (including phenoxy) is 4. The first-order valence-electron chi connectivity index (χ1n) is 38.8. The van der Waals surface area contributed by atoms with Crippen molar-refractivity contribution in [2.45, 2.75) is 354 Å². The lowest BCUT2D eigenvalue weighted by molar-refractivity contribution is -0.161. The molecule has 0 aromatic heterocycles. The topological polar surface area (TPSA) is 237 Å². The molecule has 0 saturated heterocycles. The molecule has 0 aromatic rings. The summed E-state index contributed by atoms with van der Waals surface area (Å²) in [6.07, 6.45) is 72.9. The summed E-state index contributed by atoms with van der Waals surface area (Å²) >= 11 is 0. The van der Waals surface area contributed by atoms with Crippen LogP contribution >= 0.6 is 15.6 Å². The summed E-state index contributed by atoms with van der Waals surface area (Å²) in [7, 11) is -9.96. The van der Waals surface area contributed by atoms with E-state index in [-0.39, 0.29) is 25.7 Å². The first-order valence-corrected chi connectivity index (χ1v) is 41.8. The molecule has 0 heterocycles. The minimum atomic E-state index is -4.98. The van der Waals surface area contributed by atoms with E-state index in [1.165, 1.54) is 116 Å². The fourth-order valence-electron chi connectivity index (χ4n) is 10.4. The molecule has 0 aromatic carbocycles. The largest absolute Gasteiger partial charge is 0.472 e. The van der Waals surface area contributed by atoms with Crippen molar-refractivity contribution in [1.82, 2.24) is 0 Å². The maximum absolute atomic E-state index is 13.1. The Morgan fingerprint density at radius 2 is 0.541 bits per heavy atom. The highest BCUT2D eigenvalue weighted by molar-refractivity contribution is 7.47. The Labute approximate surface area is 595 Å². The number of hydrogen-bond donors (Lipinski definition) is 3. The zero-order valence-electron chi connectivity index (χ0n) is 62.0. The van der Waals surface area contributed by atoms with E-state index in [4.69, 9.17) is 37.0 Å². The normalized spacial score (nSPS) is 14.4. The van der Waals surface area contributed by atoms with Crippen molar-refractivity contribution in [3.63, 3.8) is 0 Å². The van der Waals surface area contributed by atoms with E-state index < -0.39 is 97.5 Å². The van der Waals surface area contributed by atoms with E-state index in [9.17, 15) is 43.2 Å². The van der Waals surface area contributed by atoms with E-state index in [1.807, 2.05) is 12.2 Å². The number of allylic oxidation sites excluding steroid dienone is 14. The Bertz CT molecular complexity index is 2190. The Hall–Kier alpha value is -3.76. The standard InChI is InChI=1S/C79H140O17P2/c1-5-9-13-17-21-25-29-32-35-36-39-41-45-48-52-56-60-64-77(82)89-69-74(95-78(83)65-61-57-53-49-43-28-24-20-16-12-8-4)71-93-97(85,86)91-67-73(80)68-92-98(87,88)94-72-75(96-79(84)66-62-58-54-50-46-42-38-34-31-27-23-19-15-11-7-3)70-90-76(81)63-59-55-51-47-44-40-37-33-30-26-22-18-14-10-6-2/h9,13,21,25,32-35,37-39,41,48,52,73-75,80H,5-8,10-12,14-20,22-24,26-31,36,40,42-47,49-51,53-72H2,1-4H3,(H,85,86)(H,87,88)/b13-9-,25-21-,35-32-,37-33-,38-34-,41-39-,52-48-. The van der Waals surface area contributed by atoms with Gasteiger partial charge in [-0.25, -0.2) is 9.13 Å². The molecule has 568 valence electrons. The number of esters is 4. The van der Waals surface area contributed by atoms with Crippen LogP contribution in [0.4, 0.5) is 0 Å². The van der Waals surface area contributed by atoms with Crippen molar-refractivity contribution in [3.05, 3.63) is 85.1 Å². The zero-order valence-corrected chi connectivity index (χ0v) is 63.7. The second-order valence-electron chi connectivity index (χ2n) is 25.9. The Morgan fingerprint density at radius 1 is 0.296 bits per heavy atom. The molecule has 17 nitrogen and oxygen atoms in total. The van der Waals surface area contributed by atoms with Gasteiger partial charge < -0.3 is 33.8 Å². The van der Waals surface area contributed by atoms with Crippen LogP contribution in [0.1, 0.15) is 336 Å². The van der Waals surface area contributed by atoms with Crippen molar-refractivity contribution < 1.29 is 80.2 Å². The molecule has 3 N–H and O–H groups in total. The van der Waals surface area contributed by atoms with Crippen LogP contribution in [0.3, 0.4) is 0 Å². The number of unbranched alkanes of at least 4 members (excludes halogenated alkanes) is 33. The molecule has 0 aliphatic rings. The number of phosphoric ester groups is 2. The molecular formula is C79H140O17P2. The number of aliphatic hydroxyl groups excluding tert-OH is 1. The summed E-state index contributed by atoms with van der Waals surface area (Å²) in [5.41, 5.74) is 0. The number of aliphatic hydroxyl groups is 1. The van der Waals surface area contributed by atoms with Gasteiger partial charge in [0.25, 0.3) is 0 Å². The van der Waals surface area contributed by atoms with Crippen LogP contribution in [0.5, 0.6) is 0 Å². The first-order chi connectivity index (χ1) is 47.7. The van der Waals surface area contributed by atoms with Crippen LogP contribution in [0.25, 0.3) is 0 Å². The molecule has 0 saturated carbocycles. The summed E-state index contributed by atoms with van der Waals surface area (Å²) in [6.45, 7) is 4.70. The molecule has 5 atom stereocenters. The molecule has 0 aliphatic carbocycles. The quantitative estimate of drug-likeness (QED) is 0.0169. The third-order valence-electron chi connectivity index (χ3n) is 16.3. The Morgan fingerprint density at radius 3 is 0.867 bits per heavy atom. The molecule has 0 spiro atoms. The monoisotopic (exact) mass is 1420 g/mol. The number of hydrogen-bond acceptors (Lipinski definition) is 15. The molecular weight excluding hydrogens is 1280 g/mol. The SMILES string of the molecule is CC/C=C\C/C=C\C/C=C\C/C=C\C/C=C\CCCC(=O)OCC(COP(=O)(O)OCC(O)COP(=O)(O)OCC(COC(=O)CCCCCCC/C=C\CCCCCCCC)OC(=O)CCCCCCC/C=C\CCCCCCCC)OC(=O)CCCCCCCCCCCCC. The number of rotatable bonds is 73. The number of carbonyl (C=O) groups excluding carboxylic acids is 4. The summed E-state index contributed by atoms with van der Waals surface area (Å²) in [5, 5.41) is 10.6. The summed E-state index contributed by atoms with van der Waals surface area (Å²) in [5.74, 6) is -2.24. The van der Waals surface area contributed by atoms with Crippen LogP contribution in [0, 0.1) is 0 Å². The molecule has 5 unspecified atom stereocenters. The zero-order chi connectivity index (χ0) is 71.8. The van der Waals surface area contributed by atoms with Crippen molar-refractivity contribution in [1.29, 1.82) is 0 Å². The maximum Gasteiger partial charge on any atom is 0.472 e. The minimum absolute atomic E-state index is 0.0850. The van der Waals surface area contributed by atoms with Crippen molar-refractivity contribution in [2.24, 2.45) is 0 Å². The van der Waals surface area contributed by atoms with Gasteiger partial charge in [-0.3, -0.25) is 37.3 Å². The van der Waals surface area contributed by atoms with Crippen LogP contribution in [-0.2, 0) is 65.4 Å². The van der Waals surface area contributed by atoms with Crippen LogP contribution in [0.15, 0.2) is 85.1 Å². The molecule has 98 heavy (non-hydrogen) atoms. The van der Waals surface area contributed by atoms with Gasteiger partial charge in [0, 0.05) is 25.7 Å². The van der Waals surface area contributed by atoms with E-state index in [2.05, 4.69) is 101 Å². The summed E-state index contributed by atoms with van der Waals surface area (Å²) in [6, 6.07) is 0. The Kier molecular flexibility index (Phi) is 68.9. The lowest BCUT2D eigenvalue weighted by Crippen LogP contribution is -2.30. The highest BCUT2D eigenvalue weighted by atomic mass is 31.2. The van der Waals surface area contributed by atoms with Gasteiger partial charge in [0.1, 0.15) is 19.3 Å². The van der Waals surface area contributed by atoms with E-state index >= 15 is 0 Å². The highest BCUT2D eigenvalue weighted by Crippen LogP contribution is 2.45. The minimum Gasteiger partial charge on any atom is -0.462 e. The van der Waals surface area contributed by atoms with Crippen LogP contribution in [0.2, 0.25) is 0 Å². The van der Waals surface area contributed by atoms with Gasteiger partial charge in [-0.1, -0.05) is 280 Å². The average molecular weight is 1420 g/mol. The second-order valence-corrected chi connectivity index (χ2v) is 28.8.